The van der Waals surface area contributed by atoms with Crippen LogP contribution in [0, 0.1) is 6.92 Å². The number of benzene rings is 2. The van der Waals surface area contributed by atoms with Crippen molar-refractivity contribution in [1.29, 1.82) is 0 Å². The lowest BCUT2D eigenvalue weighted by Crippen LogP contribution is -2.13. The molecule has 0 radical (unpaired) electrons. The smallest absolute Gasteiger partial charge is 0.256 e. The van der Waals surface area contributed by atoms with Gasteiger partial charge in [-0.25, -0.2) is 0 Å². The van der Waals surface area contributed by atoms with Gasteiger partial charge in [-0.1, -0.05) is 40.9 Å². The molecular weight excluding hydrogens is 321 g/mol. The third-order valence-corrected chi connectivity index (χ3v) is 3.84. The highest BCUT2D eigenvalue weighted by molar-refractivity contribution is 6.44. The molecule has 1 amide bonds. The number of hydrogen-bond acceptors (Lipinski definition) is 2. The van der Waals surface area contributed by atoms with E-state index in [0.29, 0.717) is 26.9 Å². The van der Waals surface area contributed by atoms with Gasteiger partial charge < -0.3 is 10.4 Å². The molecule has 3 nitrogen and oxygen atoms in total. The summed E-state index contributed by atoms with van der Waals surface area (Å²) in [5, 5.41) is 13.1. The molecule has 0 spiro atoms. The van der Waals surface area contributed by atoms with Crippen molar-refractivity contribution in [2.75, 3.05) is 5.32 Å². The monoisotopic (exact) mass is 329 g/mol. The van der Waals surface area contributed by atoms with Crippen molar-refractivity contribution in [2.24, 2.45) is 0 Å². The van der Waals surface area contributed by atoms with Crippen molar-refractivity contribution in [1.82, 2.24) is 0 Å². The highest BCUT2D eigenvalue weighted by Gasteiger charge is 2.14. The van der Waals surface area contributed by atoms with Crippen LogP contribution in [0.5, 0.6) is 5.75 Å². The Morgan fingerprint density at radius 2 is 1.75 bits per heavy atom. The molecule has 2 aromatic carbocycles. The predicted molar refractivity (Wildman–Crippen MR) is 82.3 cm³/mol. The first-order valence-electron chi connectivity index (χ1n) is 5.64. The van der Waals surface area contributed by atoms with E-state index in [1.165, 1.54) is 18.2 Å². The lowest BCUT2D eigenvalue weighted by molar-refractivity contribution is 0.102. The summed E-state index contributed by atoms with van der Waals surface area (Å²) in [7, 11) is 0. The van der Waals surface area contributed by atoms with Crippen LogP contribution in [0.3, 0.4) is 0 Å². The van der Waals surface area contributed by atoms with E-state index >= 15 is 0 Å². The van der Waals surface area contributed by atoms with Gasteiger partial charge in [0.05, 0.1) is 20.8 Å². The van der Waals surface area contributed by atoms with E-state index in [1.54, 1.807) is 19.1 Å². The van der Waals surface area contributed by atoms with Crippen molar-refractivity contribution in [3.05, 3.63) is 56.5 Å². The molecule has 2 rings (SSSR count). The number of phenols is 1. The first kappa shape index (κ1) is 15.0. The zero-order valence-electron chi connectivity index (χ0n) is 10.4. The zero-order valence-corrected chi connectivity index (χ0v) is 12.6. The fourth-order valence-corrected chi connectivity index (χ4v) is 2.27. The predicted octanol–water partition coefficient (Wildman–Crippen LogP) is 4.91. The molecule has 0 aliphatic heterocycles. The standard InChI is InChI=1S/C14H10Cl3NO2/c1-7-8(3-2-4-13(7)19)14(20)18-12-6-10(16)9(15)5-11(12)17/h2-6,19H,1H3,(H,18,20). The van der Waals surface area contributed by atoms with Crippen molar-refractivity contribution in [3.8, 4) is 5.75 Å². The average molecular weight is 331 g/mol. The molecule has 0 saturated carbocycles. The summed E-state index contributed by atoms with van der Waals surface area (Å²) in [6, 6.07) is 7.64. The molecule has 0 fully saturated rings. The van der Waals surface area contributed by atoms with Crippen LogP contribution < -0.4 is 5.32 Å². The number of carbonyl (C=O) groups is 1. The summed E-state index contributed by atoms with van der Waals surface area (Å²) >= 11 is 17.7. The fourth-order valence-electron chi connectivity index (χ4n) is 1.68. The minimum Gasteiger partial charge on any atom is -0.508 e. The Morgan fingerprint density at radius 3 is 2.45 bits per heavy atom. The number of nitrogens with one attached hydrogen (secondary N) is 1. The topological polar surface area (TPSA) is 49.3 Å². The van der Waals surface area contributed by atoms with E-state index in [-0.39, 0.29) is 10.8 Å². The lowest BCUT2D eigenvalue weighted by atomic mass is 10.1. The number of anilines is 1. The van der Waals surface area contributed by atoms with Gasteiger partial charge in [0, 0.05) is 11.1 Å². The van der Waals surface area contributed by atoms with Gasteiger partial charge in [-0.05, 0) is 31.2 Å². The van der Waals surface area contributed by atoms with Crippen LogP contribution in [0.1, 0.15) is 15.9 Å². The maximum Gasteiger partial charge on any atom is 0.256 e. The lowest BCUT2D eigenvalue weighted by Gasteiger charge is -2.11. The molecule has 2 N–H and O–H groups in total. The molecule has 2 aromatic rings. The number of carbonyl (C=O) groups excluding carboxylic acids is 1. The Bertz CT molecular complexity index is 686. The number of amides is 1. The first-order chi connectivity index (χ1) is 9.40. The molecule has 0 unspecified atom stereocenters. The molecule has 0 aliphatic rings. The Morgan fingerprint density at radius 1 is 1.10 bits per heavy atom. The summed E-state index contributed by atoms with van der Waals surface area (Å²) in [5.41, 5.74) is 1.20. The average Bonchev–Trinajstić information content (AvgIpc) is 2.39. The van der Waals surface area contributed by atoms with E-state index in [0.717, 1.165) is 0 Å². The van der Waals surface area contributed by atoms with Crippen molar-refractivity contribution in [3.63, 3.8) is 0 Å². The van der Waals surface area contributed by atoms with Gasteiger partial charge in [-0.15, -0.1) is 0 Å². The number of hydrogen-bond donors (Lipinski definition) is 2. The summed E-state index contributed by atoms with van der Waals surface area (Å²) in [4.78, 5) is 12.2. The Balaban J connectivity index is 2.33. The van der Waals surface area contributed by atoms with Gasteiger partial charge in [0.25, 0.3) is 5.91 Å². The van der Waals surface area contributed by atoms with Crippen molar-refractivity contribution >= 4 is 46.4 Å². The van der Waals surface area contributed by atoms with Crippen molar-refractivity contribution < 1.29 is 9.90 Å². The quantitative estimate of drug-likeness (QED) is 0.768. The Hall–Kier alpha value is -1.42. The van der Waals surface area contributed by atoms with Gasteiger partial charge in [0.1, 0.15) is 5.75 Å². The van der Waals surface area contributed by atoms with Gasteiger partial charge in [0.15, 0.2) is 0 Å². The van der Waals surface area contributed by atoms with Gasteiger partial charge in [-0.2, -0.15) is 0 Å². The molecule has 0 atom stereocenters. The fraction of sp³-hybridized carbons (Fsp3) is 0.0714. The van der Waals surface area contributed by atoms with E-state index < -0.39 is 5.91 Å². The third kappa shape index (κ3) is 3.01. The molecule has 0 saturated heterocycles. The molecule has 0 aliphatic carbocycles. The van der Waals surface area contributed by atoms with Gasteiger partial charge >= 0.3 is 0 Å². The van der Waals surface area contributed by atoms with Crippen LogP contribution >= 0.6 is 34.8 Å². The molecule has 0 bridgehead atoms. The van der Waals surface area contributed by atoms with E-state index in [1.807, 2.05) is 0 Å². The van der Waals surface area contributed by atoms with Crippen LogP contribution in [-0.4, -0.2) is 11.0 Å². The summed E-state index contributed by atoms with van der Waals surface area (Å²) in [6.07, 6.45) is 0. The number of aromatic hydroxyl groups is 1. The van der Waals surface area contributed by atoms with E-state index in [9.17, 15) is 9.90 Å². The minimum absolute atomic E-state index is 0.0536. The largest absolute Gasteiger partial charge is 0.508 e. The van der Waals surface area contributed by atoms with Crippen LogP contribution in [0.2, 0.25) is 15.1 Å². The summed E-state index contributed by atoms with van der Waals surface area (Å²) in [6.45, 7) is 1.65. The van der Waals surface area contributed by atoms with E-state index in [4.69, 9.17) is 34.8 Å². The molecule has 104 valence electrons. The van der Waals surface area contributed by atoms with Crippen LogP contribution in [-0.2, 0) is 0 Å². The number of rotatable bonds is 2. The van der Waals surface area contributed by atoms with Gasteiger partial charge in [0.2, 0.25) is 0 Å². The van der Waals surface area contributed by atoms with E-state index in [2.05, 4.69) is 5.32 Å². The third-order valence-electron chi connectivity index (χ3n) is 2.81. The second-order valence-corrected chi connectivity index (χ2v) is 5.37. The number of phenolic OH excluding ortho intramolecular Hbond substituents is 1. The second-order valence-electron chi connectivity index (χ2n) is 4.15. The number of halogens is 3. The molecular formula is C14H10Cl3NO2. The van der Waals surface area contributed by atoms with Gasteiger partial charge in [-0.3, -0.25) is 4.79 Å². The van der Waals surface area contributed by atoms with Crippen LogP contribution in [0.25, 0.3) is 0 Å². The molecule has 20 heavy (non-hydrogen) atoms. The molecule has 6 heteroatoms. The first-order valence-corrected chi connectivity index (χ1v) is 6.78. The molecule has 0 aromatic heterocycles. The second kappa shape index (κ2) is 5.92. The highest BCUT2D eigenvalue weighted by atomic mass is 35.5. The van der Waals surface area contributed by atoms with Crippen LogP contribution in [0.4, 0.5) is 5.69 Å². The highest BCUT2D eigenvalue weighted by Crippen LogP contribution is 2.32. The molecule has 0 heterocycles. The maximum atomic E-state index is 12.2. The SMILES string of the molecule is Cc1c(O)cccc1C(=O)Nc1cc(Cl)c(Cl)cc1Cl. The summed E-state index contributed by atoms with van der Waals surface area (Å²) in [5.74, 6) is -0.337. The Kier molecular flexibility index (Phi) is 4.43. The van der Waals surface area contributed by atoms with Crippen molar-refractivity contribution in [2.45, 2.75) is 6.92 Å². The Labute approximate surface area is 131 Å². The van der Waals surface area contributed by atoms with Crippen LogP contribution in [0.15, 0.2) is 30.3 Å². The zero-order chi connectivity index (χ0) is 14.9. The normalized spacial score (nSPS) is 10.4. The summed E-state index contributed by atoms with van der Waals surface area (Å²) < 4.78 is 0. The maximum absolute atomic E-state index is 12.2. The minimum atomic E-state index is -0.390.